The molecule has 96 valence electrons. The monoisotopic (exact) mass is 268 g/mol. The summed E-state index contributed by atoms with van der Waals surface area (Å²) in [4.78, 5) is 18.9. The number of aliphatic carboxylic acids is 2. The zero-order chi connectivity index (χ0) is 13.5. The minimum atomic E-state index is -1.31. The molecule has 0 saturated carbocycles. The Kier molecular flexibility index (Phi) is 14.5. The Morgan fingerprint density at radius 2 is 1.68 bits per heavy atom. The molecule has 0 aliphatic rings. The first-order valence-corrected chi connectivity index (χ1v) is 5.14. The second kappa shape index (κ2) is 11.6. The molecular weight excluding hydrogens is 250 g/mol. The topological polar surface area (TPSA) is 74.6 Å². The van der Waals surface area contributed by atoms with E-state index in [0.29, 0.717) is 0 Å². The standard InChI is InChI=1S/C10H13.C3H4O4.Li.Na.H/c1-10(2,3)9-7-5-4-6-8-9;4-2(5)1-3(6)7;;;/h4-7H,1-3H3;1H2,(H,4,5)(H,6,7);;;/q-1;;2*+1;-1. The number of hydrogen-bond donors (Lipinski definition) is 2. The molecule has 0 radical (unpaired) electrons. The van der Waals surface area contributed by atoms with E-state index in [1.54, 1.807) is 0 Å². The Morgan fingerprint density at radius 1 is 1.21 bits per heavy atom. The van der Waals surface area contributed by atoms with Gasteiger partial charge in [0.25, 0.3) is 0 Å². The summed E-state index contributed by atoms with van der Waals surface area (Å²) in [5.41, 5.74) is 1.51. The first kappa shape index (κ1) is 23.8. The van der Waals surface area contributed by atoms with Gasteiger partial charge in [-0.25, -0.2) is 0 Å². The molecule has 0 aliphatic carbocycles. The smallest absolute Gasteiger partial charge is 1.00 e. The van der Waals surface area contributed by atoms with Crippen LogP contribution in [0.4, 0.5) is 0 Å². The molecule has 2 N–H and O–H groups in total. The molecule has 0 aliphatic heterocycles. The minimum Gasteiger partial charge on any atom is -1.00 e. The fourth-order valence-electron chi connectivity index (χ4n) is 0.989. The SMILES string of the molecule is CC(C)(C)c1[c-]cccc1.O=C(O)CC(=O)O.[H-].[Li+].[Na+]. The Balaban J connectivity index is -0.000000117. The van der Waals surface area contributed by atoms with Gasteiger partial charge in [-0.05, 0) is 5.41 Å². The van der Waals surface area contributed by atoms with Crippen LogP contribution in [0.25, 0.3) is 0 Å². The van der Waals surface area contributed by atoms with Crippen molar-refractivity contribution in [2.24, 2.45) is 0 Å². The van der Waals surface area contributed by atoms with Crippen LogP contribution >= 0.6 is 0 Å². The molecule has 0 amide bonds. The summed E-state index contributed by atoms with van der Waals surface area (Å²) in [6.45, 7) is 6.58. The summed E-state index contributed by atoms with van der Waals surface area (Å²) < 4.78 is 0. The molecule has 0 unspecified atom stereocenters. The molecule has 19 heavy (non-hydrogen) atoms. The fourth-order valence-corrected chi connectivity index (χ4v) is 0.989. The summed E-state index contributed by atoms with van der Waals surface area (Å²) in [5, 5.41) is 15.4. The number of carboxylic acids is 2. The molecule has 1 aromatic carbocycles. The van der Waals surface area contributed by atoms with Crippen molar-refractivity contribution in [2.45, 2.75) is 32.6 Å². The second-order valence-electron chi connectivity index (χ2n) is 4.49. The average molecular weight is 268 g/mol. The van der Waals surface area contributed by atoms with Crippen LogP contribution in [-0.4, -0.2) is 22.2 Å². The van der Waals surface area contributed by atoms with E-state index in [9.17, 15) is 9.59 Å². The van der Waals surface area contributed by atoms with Gasteiger partial charge in [0.2, 0.25) is 0 Å². The van der Waals surface area contributed by atoms with E-state index in [1.807, 2.05) is 12.1 Å². The molecule has 0 saturated heterocycles. The fraction of sp³-hybridized carbons (Fsp3) is 0.385. The van der Waals surface area contributed by atoms with Gasteiger partial charge < -0.3 is 11.6 Å². The van der Waals surface area contributed by atoms with Gasteiger partial charge >= 0.3 is 60.4 Å². The molecule has 0 bridgehead atoms. The molecule has 0 aromatic heterocycles. The van der Waals surface area contributed by atoms with E-state index in [2.05, 4.69) is 39.0 Å². The van der Waals surface area contributed by atoms with Crippen LogP contribution in [0.1, 0.15) is 34.2 Å². The molecule has 0 heterocycles. The first-order chi connectivity index (χ1) is 7.73. The van der Waals surface area contributed by atoms with Gasteiger partial charge in [0.05, 0.1) is 0 Å². The Hall–Kier alpha value is -0.243. The van der Waals surface area contributed by atoms with Crippen LogP contribution in [-0.2, 0) is 15.0 Å². The summed E-state index contributed by atoms with van der Waals surface area (Å²) in [5.74, 6) is -2.62. The van der Waals surface area contributed by atoms with E-state index in [0.717, 1.165) is 0 Å². The van der Waals surface area contributed by atoms with Gasteiger partial charge in [-0.1, -0.05) is 20.8 Å². The van der Waals surface area contributed by atoms with Crippen LogP contribution in [0.2, 0.25) is 0 Å². The Labute approximate surface area is 149 Å². The van der Waals surface area contributed by atoms with Crippen LogP contribution in [0.15, 0.2) is 24.3 Å². The number of hydrogen-bond acceptors (Lipinski definition) is 2. The van der Waals surface area contributed by atoms with Crippen molar-refractivity contribution < 1.29 is 69.6 Å². The quantitative estimate of drug-likeness (QED) is 0.331. The molecule has 1 aromatic rings. The Bertz CT molecular complexity index is 368. The van der Waals surface area contributed by atoms with Crippen LogP contribution in [0.3, 0.4) is 0 Å². The maximum atomic E-state index is 9.43. The van der Waals surface area contributed by atoms with Gasteiger partial charge in [-0.2, -0.15) is 35.9 Å². The number of carboxylic acid groups (broad SMARTS) is 2. The second-order valence-corrected chi connectivity index (χ2v) is 4.49. The minimum absolute atomic E-state index is 0. The summed E-state index contributed by atoms with van der Waals surface area (Å²) >= 11 is 0. The van der Waals surface area contributed by atoms with Crippen LogP contribution < -0.4 is 48.4 Å². The van der Waals surface area contributed by atoms with Gasteiger partial charge in [0.1, 0.15) is 6.42 Å². The van der Waals surface area contributed by atoms with Gasteiger partial charge in [0.15, 0.2) is 0 Å². The van der Waals surface area contributed by atoms with Crippen molar-refractivity contribution in [1.29, 1.82) is 0 Å². The maximum Gasteiger partial charge on any atom is 1.00 e. The van der Waals surface area contributed by atoms with Crippen molar-refractivity contribution in [2.75, 3.05) is 0 Å². The normalized spacial score (nSPS) is 9.00. The molecule has 0 fully saturated rings. The first-order valence-electron chi connectivity index (χ1n) is 5.14. The Morgan fingerprint density at radius 3 is 1.84 bits per heavy atom. The number of carbonyl (C=O) groups is 2. The van der Waals surface area contributed by atoms with Crippen molar-refractivity contribution in [3.05, 3.63) is 35.9 Å². The van der Waals surface area contributed by atoms with E-state index in [1.165, 1.54) is 5.56 Å². The number of rotatable bonds is 2. The third kappa shape index (κ3) is 14.0. The molecule has 4 nitrogen and oxygen atoms in total. The van der Waals surface area contributed by atoms with Crippen molar-refractivity contribution in [3.8, 4) is 0 Å². The maximum absolute atomic E-state index is 9.43. The molecule has 1 rings (SSSR count). The summed E-state index contributed by atoms with van der Waals surface area (Å²) in [6.07, 6.45) is -0.806. The van der Waals surface area contributed by atoms with E-state index >= 15 is 0 Å². The van der Waals surface area contributed by atoms with E-state index < -0.39 is 18.4 Å². The largest absolute Gasteiger partial charge is 1.00 e. The zero-order valence-corrected chi connectivity index (χ0v) is 14.2. The number of benzene rings is 1. The van der Waals surface area contributed by atoms with E-state index in [-0.39, 0.29) is 55.3 Å². The summed E-state index contributed by atoms with van der Waals surface area (Å²) in [6, 6.07) is 11.3. The molecule has 0 spiro atoms. The molecule has 6 heteroatoms. The summed E-state index contributed by atoms with van der Waals surface area (Å²) in [7, 11) is 0. The average Bonchev–Trinajstić information content (AvgIpc) is 2.16. The van der Waals surface area contributed by atoms with E-state index in [4.69, 9.17) is 10.2 Å². The molecule has 0 atom stereocenters. The van der Waals surface area contributed by atoms with Gasteiger partial charge in [0, 0.05) is 0 Å². The van der Waals surface area contributed by atoms with Gasteiger partial charge in [-0.3, -0.25) is 9.59 Å². The van der Waals surface area contributed by atoms with Crippen molar-refractivity contribution >= 4 is 11.9 Å². The third-order valence-electron chi connectivity index (χ3n) is 1.82. The molecular formula is C13H18LiNaO4. The third-order valence-corrected chi connectivity index (χ3v) is 1.82. The van der Waals surface area contributed by atoms with Crippen LogP contribution in [0, 0.1) is 6.07 Å². The zero-order valence-electron chi connectivity index (χ0n) is 13.2. The van der Waals surface area contributed by atoms with Crippen LogP contribution in [0.5, 0.6) is 0 Å². The van der Waals surface area contributed by atoms with Crippen molar-refractivity contribution in [3.63, 3.8) is 0 Å². The predicted molar refractivity (Wildman–Crippen MR) is 65.0 cm³/mol. The van der Waals surface area contributed by atoms with Gasteiger partial charge in [-0.15, -0.1) is 0 Å². The predicted octanol–water partition coefficient (Wildman–Crippen LogP) is -3.55. The van der Waals surface area contributed by atoms with Crippen molar-refractivity contribution in [1.82, 2.24) is 0 Å².